The van der Waals surface area contributed by atoms with Gasteiger partial charge in [-0.05, 0) is 145 Å². The molecule has 1 spiro atoms. The van der Waals surface area contributed by atoms with E-state index in [0.29, 0.717) is 39.4 Å². The smallest absolute Gasteiger partial charge is 0.201 e. The Hall–Kier alpha value is -2.01. The third kappa shape index (κ3) is 8.25. The molecule has 4 aliphatic heterocycles. The fourth-order valence-electron chi connectivity index (χ4n) is 9.93. The standard InChI is InChI=1S/C30H32Cl3NO.C16H26O5/c1-3-5-13-34(14-6-4-2)19-29(35)28-18-23(33)17-27-25(15-20-7-9-21(31)10-8-20)26-16-22(32)11-12-24(26)30(27)28;1-9-5-6-12-10(2)13(17-4)18-14-16(12)11(9)7-8-15(3,19-14)20-21-16/h7-12,15-18,29,35H,3-6,13-14,19H2,1-2H3;9-14H,5-8H2,1-4H3/b25-15+;. The SMILES string of the molecule is CCCCN(CCCC)CC(O)c1cc(Cl)cc2c1-c1ccc(Cl)cc1/C2=C\c1ccc(Cl)cc1.COC1OC2OC3(C)CCC4C(C)CCC(C1C)C24OO3. The van der Waals surface area contributed by atoms with Crippen LogP contribution in [-0.4, -0.2) is 60.7 Å². The number of ether oxygens (including phenoxy) is 3. The van der Waals surface area contributed by atoms with Gasteiger partial charge in [-0.25, -0.2) is 9.78 Å². The van der Waals surface area contributed by atoms with Crippen molar-refractivity contribution in [3.05, 3.63) is 91.9 Å². The first-order chi connectivity index (χ1) is 26.9. The number of rotatable bonds is 11. The summed E-state index contributed by atoms with van der Waals surface area (Å²) in [7, 11) is 1.70. The molecule has 56 heavy (non-hydrogen) atoms. The number of aliphatic hydroxyl groups is 1. The molecule has 5 fully saturated rings. The molecule has 4 heterocycles. The first-order valence-corrected chi connectivity index (χ1v) is 21.8. The summed E-state index contributed by atoms with van der Waals surface area (Å²) in [5.41, 5.74) is 6.67. The number of fused-ring (bicyclic) bond motifs is 5. The Morgan fingerprint density at radius 1 is 0.857 bits per heavy atom. The average molecular weight is 827 g/mol. The molecule has 0 amide bonds. The topological polar surface area (TPSA) is 69.6 Å². The highest BCUT2D eigenvalue weighted by molar-refractivity contribution is 6.32. The van der Waals surface area contributed by atoms with Crippen molar-refractivity contribution in [3.63, 3.8) is 0 Å². The first kappa shape index (κ1) is 42.1. The molecule has 1 saturated carbocycles. The van der Waals surface area contributed by atoms with Crippen molar-refractivity contribution in [2.24, 2.45) is 23.7 Å². The largest absolute Gasteiger partial charge is 0.387 e. The zero-order valence-corrected chi connectivity index (χ0v) is 35.9. The zero-order chi connectivity index (χ0) is 39.8. The number of nitrogens with zero attached hydrogens (tertiary/aromatic N) is 1. The van der Waals surface area contributed by atoms with Gasteiger partial charge in [-0.15, -0.1) is 0 Å². The van der Waals surface area contributed by atoms with E-state index in [1.165, 1.54) is 6.42 Å². The molecule has 6 aliphatic rings. The van der Waals surface area contributed by atoms with Crippen molar-refractivity contribution >= 4 is 46.5 Å². The molecule has 1 N–H and O–H groups in total. The molecule has 0 radical (unpaired) electrons. The Morgan fingerprint density at radius 2 is 1.55 bits per heavy atom. The fraction of sp³-hybridized carbons (Fsp3) is 0.565. The van der Waals surface area contributed by atoms with Crippen LogP contribution in [0.3, 0.4) is 0 Å². The average Bonchev–Trinajstić information content (AvgIpc) is 3.28. The van der Waals surface area contributed by atoms with Crippen LogP contribution in [0.1, 0.15) is 114 Å². The third-order valence-corrected chi connectivity index (χ3v) is 13.6. The van der Waals surface area contributed by atoms with Crippen molar-refractivity contribution in [2.45, 2.75) is 116 Å². The van der Waals surface area contributed by atoms with Crippen LogP contribution in [0.4, 0.5) is 0 Å². The van der Waals surface area contributed by atoms with E-state index in [-0.39, 0.29) is 12.2 Å². The van der Waals surface area contributed by atoms with Crippen molar-refractivity contribution in [1.29, 1.82) is 0 Å². The molecule has 4 saturated heterocycles. The Morgan fingerprint density at radius 3 is 2.25 bits per heavy atom. The summed E-state index contributed by atoms with van der Waals surface area (Å²) in [5, 5.41) is 13.5. The molecule has 9 unspecified atom stereocenters. The second kappa shape index (κ2) is 17.7. The van der Waals surface area contributed by atoms with Crippen LogP contribution < -0.4 is 0 Å². The number of aliphatic hydroxyl groups excluding tert-OH is 1. The second-order valence-electron chi connectivity index (χ2n) is 16.7. The van der Waals surface area contributed by atoms with Crippen LogP contribution in [0, 0.1) is 23.7 Å². The summed E-state index contributed by atoms with van der Waals surface area (Å²) in [6.45, 7) is 13.4. The lowest BCUT2D eigenvalue weighted by Gasteiger charge is -2.60. The Bertz CT molecular complexity index is 1860. The van der Waals surface area contributed by atoms with E-state index in [4.69, 9.17) is 58.8 Å². The molecule has 2 bridgehead atoms. The molecular formula is C46H58Cl3NO6. The Balaban J connectivity index is 0.000000193. The van der Waals surface area contributed by atoms with Crippen molar-refractivity contribution in [3.8, 4) is 11.1 Å². The summed E-state index contributed by atoms with van der Waals surface area (Å²) in [5.74, 6) is 0.953. The molecule has 2 aliphatic carbocycles. The van der Waals surface area contributed by atoms with Gasteiger partial charge in [0.25, 0.3) is 0 Å². The summed E-state index contributed by atoms with van der Waals surface area (Å²) < 4.78 is 17.9. The highest BCUT2D eigenvalue weighted by Crippen LogP contribution is 2.60. The number of hydrogen-bond acceptors (Lipinski definition) is 7. The number of halogens is 3. The number of methoxy groups -OCH3 is 1. The highest BCUT2D eigenvalue weighted by atomic mass is 35.5. The van der Waals surface area contributed by atoms with Gasteiger partial charge in [0.15, 0.2) is 18.2 Å². The highest BCUT2D eigenvalue weighted by Gasteiger charge is 2.69. The maximum Gasteiger partial charge on any atom is 0.201 e. The van der Waals surface area contributed by atoms with Gasteiger partial charge in [0.1, 0.15) is 0 Å². The van der Waals surface area contributed by atoms with Crippen LogP contribution in [-0.2, 0) is 24.0 Å². The van der Waals surface area contributed by atoms with E-state index in [0.717, 1.165) is 97.0 Å². The van der Waals surface area contributed by atoms with Gasteiger partial charge in [0, 0.05) is 47.0 Å². The predicted molar refractivity (Wildman–Crippen MR) is 225 cm³/mol. The first-order valence-electron chi connectivity index (χ1n) is 20.7. The summed E-state index contributed by atoms with van der Waals surface area (Å²) in [4.78, 5) is 14.2. The van der Waals surface area contributed by atoms with Crippen LogP contribution in [0.2, 0.25) is 15.1 Å². The quantitative estimate of drug-likeness (QED) is 0.151. The Kier molecular flexibility index (Phi) is 13.3. The molecule has 304 valence electrons. The molecule has 3 aromatic carbocycles. The minimum atomic E-state index is -0.698. The van der Waals surface area contributed by atoms with Gasteiger partial charge in [0.05, 0.1) is 6.10 Å². The van der Waals surface area contributed by atoms with E-state index in [1.54, 1.807) is 7.11 Å². The van der Waals surface area contributed by atoms with Gasteiger partial charge in [-0.3, -0.25) is 0 Å². The van der Waals surface area contributed by atoms with Crippen LogP contribution in [0.15, 0.2) is 54.6 Å². The van der Waals surface area contributed by atoms with Crippen LogP contribution >= 0.6 is 34.8 Å². The van der Waals surface area contributed by atoms with Crippen molar-refractivity contribution < 1.29 is 29.1 Å². The lowest BCUT2D eigenvalue weighted by atomic mass is 9.58. The van der Waals surface area contributed by atoms with Gasteiger partial charge in [-0.2, -0.15) is 0 Å². The van der Waals surface area contributed by atoms with E-state index in [2.05, 4.69) is 44.7 Å². The third-order valence-electron chi connectivity index (χ3n) is 12.9. The van der Waals surface area contributed by atoms with Gasteiger partial charge in [0.2, 0.25) is 5.79 Å². The molecule has 10 heteroatoms. The predicted octanol–water partition coefficient (Wildman–Crippen LogP) is 12.0. The number of unbranched alkanes of at least 4 members (excludes halogenated alkanes) is 2. The van der Waals surface area contributed by atoms with Crippen LogP contribution in [0.25, 0.3) is 22.8 Å². The number of hydrogen-bond donors (Lipinski definition) is 1. The molecular weight excluding hydrogens is 769 g/mol. The molecule has 9 atom stereocenters. The molecule has 3 aromatic rings. The van der Waals surface area contributed by atoms with E-state index < -0.39 is 23.8 Å². The molecule has 7 nitrogen and oxygen atoms in total. The fourth-order valence-corrected chi connectivity index (χ4v) is 10.5. The number of benzene rings is 3. The Labute approximate surface area is 348 Å². The van der Waals surface area contributed by atoms with E-state index in [9.17, 15) is 5.11 Å². The summed E-state index contributed by atoms with van der Waals surface area (Å²) in [6.07, 6.45) is 9.65. The van der Waals surface area contributed by atoms with Crippen molar-refractivity contribution in [1.82, 2.24) is 4.90 Å². The maximum atomic E-state index is 11.5. The van der Waals surface area contributed by atoms with Gasteiger partial charge < -0.3 is 24.2 Å². The summed E-state index contributed by atoms with van der Waals surface area (Å²) >= 11 is 19.2. The summed E-state index contributed by atoms with van der Waals surface area (Å²) in [6, 6.07) is 17.6. The normalized spacial score (nSPS) is 31.3. The minimum Gasteiger partial charge on any atom is -0.387 e. The minimum absolute atomic E-state index is 0.230. The maximum absolute atomic E-state index is 11.5. The van der Waals surface area contributed by atoms with E-state index in [1.807, 2.05) is 55.5 Å². The second-order valence-corrected chi connectivity index (χ2v) is 18.1. The van der Waals surface area contributed by atoms with Gasteiger partial charge >= 0.3 is 0 Å². The van der Waals surface area contributed by atoms with E-state index >= 15 is 0 Å². The molecule has 0 aromatic heterocycles. The zero-order valence-electron chi connectivity index (χ0n) is 33.7. The monoisotopic (exact) mass is 825 g/mol. The van der Waals surface area contributed by atoms with Gasteiger partial charge in [-0.1, -0.05) is 93.5 Å². The van der Waals surface area contributed by atoms with Crippen molar-refractivity contribution in [2.75, 3.05) is 26.7 Å². The lowest BCUT2D eigenvalue weighted by Crippen LogP contribution is -2.70. The molecule has 9 rings (SSSR count). The lowest BCUT2D eigenvalue weighted by molar-refractivity contribution is -0.577. The van der Waals surface area contributed by atoms with Crippen LogP contribution in [0.5, 0.6) is 0 Å².